The van der Waals surface area contributed by atoms with Gasteiger partial charge in [-0.05, 0) is 24.5 Å². The van der Waals surface area contributed by atoms with Crippen molar-refractivity contribution in [3.8, 4) is 0 Å². The molecule has 8 nitrogen and oxygen atoms in total. The largest absolute Gasteiger partial charge is 0.399 e. The topological polar surface area (TPSA) is 127 Å². The predicted molar refractivity (Wildman–Crippen MR) is 76.1 cm³/mol. The van der Waals surface area contributed by atoms with Crippen LogP contribution in [0.2, 0.25) is 0 Å². The average molecular weight is 315 g/mol. The quantitative estimate of drug-likeness (QED) is 0.477. The average Bonchev–Trinajstić information content (AvgIpc) is 2.41. The number of hydrogen-bond donors (Lipinski definition) is 2. The fraction of sp³-hybridized carbons (Fsp3) is 0.500. The molecule has 0 aliphatic carbocycles. The Morgan fingerprint density at radius 2 is 2.14 bits per heavy atom. The third kappa shape index (κ3) is 2.99. The molecular formula is C12H17N3O5S. The molecule has 0 radical (unpaired) electrons. The zero-order chi connectivity index (χ0) is 15.8. The maximum absolute atomic E-state index is 12.6. The number of benzene rings is 1. The van der Waals surface area contributed by atoms with Crippen LogP contribution in [0, 0.1) is 16.0 Å². The first-order valence-electron chi connectivity index (χ1n) is 6.45. The lowest BCUT2D eigenvalue weighted by atomic mass is 9.99. The summed E-state index contributed by atoms with van der Waals surface area (Å²) in [5, 5.41) is 20.7. The van der Waals surface area contributed by atoms with E-state index in [1.165, 1.54) is 10.4 Å². The van der Waals surface area contributed by atoms with E-state index in [-0.39, 0.29) is 29.6 Å². The van der Waals surface area contributed by atoms with Crippen molar-refractivity contribution >= 4 is 21.4 Å². The van der Waals surface area contributed by atoms with Gasteiger partial charge in [-0.2, -0.15) is 4.31 Å². The van der Waals surface area contributed by atoms with Crippen LogP contribution in [0.1, 0.15) is 13.3 Å². The molecule has 2 atom stereocenters. The van der Waals surface area contributed by atoms with E-state index in [1.54, 1.807) is 6.92 Å². The highest BCUT2D eigenvalue weighted by Gasteiger charge is 2.36. The number of aliphatic hydroxyl groups is 1. The van der Waals surface area contributed by atoms with Crippen molar-refractivity contribution in [3.63, 3.8) is 0 Å². The highest BCUT2D eigenvalue weighted by atomic mass is 32.2. The van der Waals surface area contributed by atoms with Crippen LogP contribution < -0.4 is 5.73 Å². The van der Waals surface area contributed by atoms with Gasteiger partial charge in [0.25, 0.3) is 5.69 Å². The first-order valence-corrected chi connectivity index (χ1v) is 7.89. The molecule has 0 aromatic heterocycles. The van der Waals surface area contributed by atoms with Crippen LogP contribution in [0.4, 0.5) is 11.4 Å². The molecule has 1 aromatic rings. The van der Waals surface area contributed by atoms with Gasteiger partial charge in [-0.3, -0.25) is 10.1 Å². The summed E-state index contributed by atoms with van der Waals surface area (Å²) in [5.41, 5.74) is 5.08. The summed E-state index contributed by atoms with van der Waals surface area (Å²) in [5.74, 6) is -0.221. The standard InChI is InChI=1S/C12H17N3O5S/c1-8-7-14(5-4-11(8)16)21(19,20)12-3-2-9(13)6-10(12)15(17)18/h2-3,6,8,11,16H,4-5,7,13H2,1H3. The molecule has 21 heavy (non-hydrogen) atoms. The molecule has 0 saturated carbocycles. The van der Waals surface area contributed by atoms with Crippen molar-refractivity contribution in [2.75, 3.05) is 18.8 Å². The van der Waals surface area contributed by atoms with Crippen LogP contribution in [0.15, 0.2) is 23.1 Å². The van der Waals surface area contributed by atoms with Crippen LogP contribution in [0.3, 0.4) is 0 Å². The molecule has 2 rings (SSSR count). The number of sulfonamides is 1. The van der Waals surface area contributed by atoms with E-state index in [1.807, 2.05) is 0 Å². The van der Waals surface area contributed by atoms with Crippen molar-refractivity contribution in [2.24, 2.45) is 5.92 Å². The summed E-state index contributed by atoms with van der Waals surface area (Å²) in [6.45, 7) is 2.00. The van der Waals surface area contributed by atoms with E-state index >= 15 is 0 Å². The van der Waals surface area contributed by atoms with E-state index in [2.05, 4.69) is 0 Å². The van der Waals surface area contributed by atoms with Crippen LogP contribution in [0.5, 0.6) is 0 Å². The summed E-state index contributed by atoms with van der Waals surface area (Å²) in [6, 6.07) is 3.51. The van der Waals surface area contributed by atoms with Gasteiger partial charge in [-0.25, -0.2) is 8.42 Å². The first-order chi connectivity index (χ1) is 9.73. The van der Waals surface area contributed by atoms with E-state index in [0.717, 1.165) is 12.1 Å². The van der Waals surface area contributed by atoms with Gasteiger partial charge in [0.05, 0.1) is 11.0 Å². The van der Waals surface area contributed by atoms with Crippen LogP contribution >= 0.6 is 0 Å². The van der Waals surface area contributed by atoms with Crippen molar-refractivity contribution in [1.82, 2.24) is 4.31 Å². The number of piperidine rings is 1. The summed E-state index contributed by atoms with van der Waals surface area (Å²) >= 11 is 0. The number of nitro groups is 1. The van der Waals surface area contributed by atoms with E-state index in [9.17, 15) is 23.6 Å². The smallest absolute Gasteiger partial charge is 0.291 e. The number of rotatable bonds is 3. The summed E-state index contributed by atoms with van der Waals surface area (Å²) < 4.78 is 26.3. The van der Waals surface area contributed by atoms with Gasteiger partial charge in [0.15, 0.2) is 4.90 Å². The van der Waals surface area contributed by atoms with Crippen LogP contribution in [-0.2, 0) is 10.0 Å². The van der Waals surface area contributed by atoms with Gasteiger partial charge < -0.3 is 10.8 Å². The number of aliphatic hydroxyl groups excluding tert-OH is 1. The van der Waals surface area contributed by atoms with E-state index < -0.39 is 26.7 Å². The van der Waals surface area contributed by atoms with Gasteiger partial charge in [-0.15, -0.1) is 0 Å². The van der Waals surface area contributed by atoms with E-state index in [4.69, 9.17) is 5.73 Å². The molecule has 3 N–H and O–H groups in total. The summed E-state index contributed by atoms with van der Waals surface area (Å²) in [6.07, 6.45) is -0.249. The third-order valence-electron chi connectivity index (χ3n) is 3.62. The maximum atomic E-state index is 12.6. The molecule has 1 fully saturated rings. The van der Waals surface area contributed by atoms with Crippen molar-refractivity contribution < 1.29 is 18.4 Å². The molecule has 2 unspecified atom stereocenters. The Bertz CT molecular complexity index is 661. The maximum Gasteiger partial charge on any atom is 0.291 e. The number of nitro benzene ring substituents is 1. The third-order valence-corrected chi connectivity index (χ3v) is 5.53. The molecule has 1 aromatic carbocycles. The molecule has 1 saturated heterocycles. The molecule has 1 aliphatic heterocycles. The Balaban J connectivity index is 2.43. The molecule has 1 heterocycles. The second-order valence-electron chi connectivity index (χ2n) is 5.18. The monoisotopic (exact) mass is 315 g/mol. The van der Waals surface area contributed by atoms with Crippen LogP contribution in [-0.4, -0.2) is 41.9 Å². The van der Waals surface area contributed by atoms with Gasteiger partial charge in [0.2, 0.25) is 10.0 Å². The van der Waals surface area contributed by atoms with Crippen molar-refractivity contribution in [3.05, 3.63) is 28.3 Å². The fourth-order valence-corrected chi connectivity index (χ4v) is 4.04. The molecule has 0 amide bonds. The fourth-order valence-electron chi connectivity index (χ4n) is 2.35. The highest BCUT2D eigenvalue weighted by Crippen LogP contribution is 2.31. The minimum Gasteiger partial charge on any atom is -0.399 e. The van der Waals surface area contributed by atoms with Gasteiger partial charge in [-0.1, -0.05) is 6.92 Å². The molecule has 0 bridgehead atoms. The molecule has 0 spiro atoms. The number of nitrogen functional groups attached to an aromatic ring is 1. The zero-order valence-electron chi connectivity index (χ0n) is 11.5. The number of anilines is 1. The SMILES string of the molecule is CC1CN(S(=O)(=O)c2ccc(N)cc2[N+](=O)[O-])CCC1O. The zero-order valence-corrected chi connectivity index (χ0v) is 12.3. The Morgan fingerprint density at radius 3 is 2.71 bits per heavy atom. The minimum absolute atomic E-state index is 0.128. The van der Waals surface area contributed by atoms with Gasteiger partial charge in [0, 0.05) is 24.8 Å². The Morgan fingerprint density at radius 1 is 1.48 bits per heavy atom. The van der Waals surface area contributed by atoms with Gasteiger partial charge in [0.1, 0.15) is 0 Å². The second-order valence-corrected chi connectivity index (χ2v) is 7.09. The molecule has 1 aliphatic rings. The molecular weight excluding hydrogens is 298 g/mol. The Hall–Kier alpha value is -1.71. The van der Waals surface area contributed by atoms with E-state index in [0.29, 0.717) is 6.42 Å². The Labute approximate surface area is 122 Å². The molecule has 116 valence electrons. The van der Waals surface area contributed by atoms with Crippen molar-refractivity contribution in [2.45, 2.75) is 24.3 Å². The summed E-state index contributed by atoms with van der Waals surface area (Å²) in [7, 11) is -3.99. The molecule has 9 heteroatoms. The highest BCUT2D eigenvalue weighted by molar-refractivity contribution is 7.89. The van der Waals surface area contributed by atoms with Crippen LogP contribution in [0.25, 0.3) is 0 Å². The normalized spacial score (nSPS) is 23.9. The lowest BCUT2D eigenvalue weighted by Crippen LogP contribution is -2.44. The first kappa shape index (κ1) is 15.7. The minimum atomic E-state index is -3.99. The predicted octanol–water partition coefficient (Wildman–Crippen LogP) is 0.568. The summed E-state index contributed by atoms with van der Waals surface area (Å²) in [4.78, 5) is 9.92. The number of nitrogens with zero attached hydrogens (tertiary/aromatic N) is 2. The number of nitrogens with two attached hydrogens (primary N) is 1. The lowest BCUT2D eigenvalue weighted by Gasteiger charge is -2.33. The lowest BCUT2D eigenvalue weighted by molar-refractivity contribution is -0.387. The number of hydrogen-bond acceptors (Lipinski definition) is 6. The second kappa shape index (κ2) is 5.58. The Kier molecular flexibility index (Phi) is 4.17. The van der Waals surface area contributed by atoms with Crippen molar-refractivity contribution in [1.29, 1.82) is 0 Å². The van der Waals surface area contributed by atoms with Gasteiger partial charge >= 0.3 is 0 Å².